The molecule has 1 aromatic carbocycles. The van der Waals surface area contributed by atoms with Gasteiger partial charge >= 0.3 is 0 Å². The fourth-order valence-corrected chi connectivity index (χ4v) is 1.83. The number of aryl methyl sites for hydroxylation is 1. The smallest absolute Gasteiger partial charge is 0.251 e. The Kier molecular flexibility index (Phi) is 2.37. The van der Waals surface area contributed by atoms with Crippen LogP contribution in [-0.2, 0) is 0 Å². The molecule has 18 heavy (non-hydrogen) atoms. The van der Waals surface area contributed by atoms with Crippen molar-refractivity contribution < 1.29 is 0 Å². The Morgan fingerprint density at radius 1 is 1.06 bits per heavy atom. The number of nitrogens with zero attached hydrogens (tertiary/aromatic N) is 3. The van der Waals surface area contributed by atoms with Crippen molar-refractivity contribution in [1.29, 1.82) is 0 Å². The van der Waals surface area contributed by atoms with Crippen LogP contribution in [0.2, 0.25) is 0 Å². The van der Waals surface area contributed by atoms with Gasteiger partial charge in [0.05, 0.1) is 11.0 Å². The first-order chi connectivity index (χ1) is 8.72. The third kappa shape index (κ3) is 1.86. The van der Waals surface area contributed by atoms with Crippen molar-refractivity contribution >= 4 is 11.0 Å². The van der Waals surface area contributed by atoms with E-state index in [2.05, 4.69) is 19.9 Å². The maximum atomic E-state index is 11.4. The van der Waals surface area contributed by atoms with Gasteiger partial charge in [-0.15, -0.1) is 0 Å². The van der Waals surface area contributed by atoms with Crippen molar-refractivity contribution in [2.24, 2.45) is 0 Å². The van der Waals surface area contributed by atoms with E-state index < -0.39 is 0 Å². The number of aromatic nitrogens is 4. The molecular weight excluding hydrogens is 228 g/mol. The molecule has 0 unspecified atom stereocenters. The SMILES string of the molecule is Cc1cc(=O)[nH]c(-c2ccc3nccnc3c2)n1. The first-order valence-electron chi connectivity index (χ1n) is 5.51. The van der Waals surface area contributed by atoms with E-state index in [4.69, 9.17) is 0 Å². The highest BCUT2D eigenvalue weighted by molar-refractivity contribution is 5.79. The number of hydrogen-bond donors (Lipinski definition) is 1. The van der Waals surface area contributed by atoms with Crippen LogP contribution in [0.1, 0.15) is 5.69 Å². The highest BCUT2D eigenvalue weighted by atomic mass is 16.1. The fourth-order valence-electron chi connectivity index (χ4n) is 1.83. The first kappa shape index (κ1) is 10.6. The van der Waals surface area contributed by atoms with E-state index in [1.54, 1.807) is 19.3 Å². The summed E-state index contributed by atoms with van der Waals surface area (Å²) in [7, 11) is 0. The van der Waals surface area contributed by atoms with Crippen LogP contribution in [0.5, 0.6) is 0 Å². The van der Waals surface area contributed by atoms with E-state index in [-0.39, 0.29) is 5.56 Å². The number of hydrogen-bond acceptors (Lipinski definition) is 4. The molecule has 1 N–H and O–H groups in total. The number of rotatable bonds is 1. The van der Waals surface area contributed by atoms with Crippen molar-refractivity contribution in [2.75, 3.05) is 0 Å². The molecule has 88 valence electrons. The van der Waals surface area contributed by atoms with E-state index in [1.807, 2.05) is 18.2 Å². The van der Waals surface area contributed by atoms with Crippen LogP contribution in [0, 0.1) is 6.92 Å². The zero-order valence-electron chi connectivity index (χ0n) is 9.71. The number of aromatic amines is 1. The lowest BCUT2D eigenvalue weighted by atomic mass is 10.2. The van der Waals surface area contributed by atoms with Crippen LogP contribution in [0.25, 0.3) is 22.4 Å². The lowest BCUT2D eigenvalue weighted by molar-refractivity contribution is 1.07. The summed E-state index contributed by atoms with van der Waals surface area (Å²) in [6.45, 7) is 1.79. The van der Waals surface area contributed by atoms with Crippen LogP contribution in [0.15, 0.2) is 41.5 Å². The van der Waals surface area contributed by atoms with Crippen molar-refractivity contribution in [2.45, 2.75) is 6.92 Å². The Labute approximate surface area is 103 Å². The largest absolute Gasteiger partial charge is 0.307 e. The second kappa shape index (κ2) is 4.03. The van der Waals surface area contributed by atoms with Gasteiger partial charge in [-0.05, 0) is 25.1 Å². The predicted molar refractivity (Wildman–Crippen MR) is 68.1 cm³/mol. The zero-order valence-corrected chi connectivity index (χ0v) is 9.71. The number of nitrogens with one attached hydrogen (secondary N) is 1. The molecule has 0 amide bonds. The standard InChI is InChI=1S/C13H10N4O/c1-8-6-12(18)17-13(16-8)9-2-3-10-11(7-9)15-5-4-14-10/h2-7H,1H3,(H,16,17,18). The summed E-state index contributed by atoms with van der Waals surface area (Å²) in [5.74, 6) is 0.549. The summed E-state index contributed by atoms with van der Waals surface area (Å²) in [6, 6.07) is 7.05. The molecule has 2 heterocycles. The van der Waals surface area contributed by atoms with Crippen LogP contribution in [0.3, 0.4) is 0 Å². The lowest BCUT2D eigenvalue weighted by Crippen LogP contribution is -2.08. The minimum atomic E-state index is -0.156. The quantitative estimate of drug-likeness (QED) is 0.700. The Morgan fingerprint density at radius 3 is 2.61 bits per heavy atom. The van der Waals surface area contributed by atoms with Gasteiger partial charge in [0, 0.05) is 29.7 Å². The molecule has 0 bridgehead atoms. The second-order valence-electron chi connectivity index (χ2n) is 4.00. The van der Waals surface area contributed by atoms with Gasteiger partial charge < -0.3 is 4.98 Å². The van der Waals surface area contributed by atoms with Gasteiger partial charge in [0.15, 0.2) is 0 Å². The first-order valence-corrected chi connectivity index (χ1v) is 5.51. The Balaban J connectivity index is 2.22. The highest BCUT2D eigenvalue weighted by Crippen LogP contribution is 2.18. The van der Waals surface area contributed by atoms with Gasteiger partial charge in [-0.25, -0.2) is 4.98 Å². The molecule has 3 rings (SSSR count). The van der Waals surface area contributed by atoms with Gasteiger partial charge in [-0.2, -0.15) is 0 Å². The van der Waals surface area contributed by atoms with E-state index in [0.717, 1.165) is 16.6 Å². The van der Waals surface area contributed by atoms with Crippen LogP contribution >= 0.6 is 0 Å². The van der Waals surface area contributed by atoms with E-state index in [9.17, 15) is 4.79 Å². The fraction of sp³-hybridized carbons (Fsp3) is 0.0769. The van der Waals surface area contributed by atoms with Crippen LogP contribution in [-0.4, -0.2) is 19.9 Å². The molecule has 0 atom stereocenters. The van der Waals surface area contributed by atoms with Gasteiger partial charge in [0.1, 0.15) is 5.82 Å². The summed E-state index contributed by atoms with van der Waals surface area (Å²) in [5, 5.41) is 0. The van der Waals surface area contributed by atoms with Gasteiger partial charge in [-0.1, -0.05) is 0 Å². The van der Waals surface area contributed by atoms with Crippen LogP contribution in [0.4, 0.5) is 0 Å². The van der Waals surface area contributed by atoms with Crippen molar-refractivity contribution in [3.63, 3.8) is 0 Å². The van der Waals surface area contributed by atoms with Crippen molar-refractivity contribution in [1.82, 2.24) is 19.9 Å². The molecule has 2 aromatic heterocycles. The summed E-state index contributed by atoms with van der Waals surface area (Å²) < 4.78 is 0. The molecule has 0 aliphatic rings. The molecule has 5 heteroatoms. The molecule has 0 fully saturated rings. The monoisotopic (exact) mass is 238 g/mol. The van der Waals surface area contributed by atoms with Gasteiger partial charge in [0.2, 0.25) is 0 Å². The van der Waals surface area contributed by atoms with Crippen LogP contribution < -0.4 is 5.56 Å². The summed E-state index contributed by atoms with van der Waals surface area (Å²) >= 11 is 0. The Morgan fingerprint density at radius 2 is 1.83 bits per heavy atom. The average Bonchev–Trinajstić information content (AvgIpc) is 2.37. The number of fused-ring (bicyclic) bond motifs is 1. The summed E-state index contributed by atoms with van der Waals surface area (Å²) in [6.07, 6.45) is 3.29. The molecule has 5 nitrogen and oxygen atoms in total. The predicted octanol–water partition coefficient (Wildman–Crippen LogP) is 1.69. The normalized spacial score (nSPS) is 10.7. The Hall–Kier alpha value is -2.56. The molecule has 0 radical (unpaired) electrons. The molecule has 0 saturated heterocycles. The third-order valence-electron chi connectivity index (χ3n) is 2.61. The lowest BCUT2D eigenvalue weighted by Gasteiger charge is -2.03. The topological polar surface area (TPSA) is 71.5 Å². The molecule has 3 aromatic rings. The maximum absolute atomic E-state index is 11.4. The average molecular weight is 238 g/mol. The van der Waals surface area contributed by atoms with E-state index in [1.165, 1.54) is 6.07 Å². The third-order valence-corrected chi connectivity index (χ3v) is 2.61. The van der Waals surface area contributed by atoms with E-state index >= 15 is 0 Å². The minimum Gasteiger partial charge on any atom is -0.307 e. The summed E-state index contributed by atoms with van der Waals surface area (Å²) in [4.78, 5) is 26.9. The van der Waals surface area contributed by atoms with Gasteiger partial charge in [-0.3, -0.25) is 14.8 Å². The molecular formula is C13H10N4O. The highest BCUT2D eigenvalue weighted by Gasteiger charge is 2.04. The maximum Gasteiger partial charge on any atom is 0.251 e. The van der Waals surface area contributed by atoms with Gasteiger partial charge in [0.25, 0.3) is 5.56 Å². The number of H-pyrrole nitrogens is 1. The van der Waals surface area contributed by atoms with Crippen molar-refractivity contribution in [3.05, 3.63) is 52.7 Å². The molecule has 0 spiro atoms. The second-order valence-corrected chi connectivity index (χ2v) is 4.00. The summed E-state index contributed by atoms with van der Waals surface area (Å²) in [5.41, 5.74) is 2.95. The Bertz CT molecular complexity index is 779. The van der Waals surface area contributed by atoms with Crippen molar-refractivity contribution in [3.8, 4) is 11.4 Å². The molecule has 0 saturated carbocycles. The minimum absolute atomic E-state index is 0.156. The number of benzene rings is 1. The van der Waals surface area contributed by atoms with E-state index in [0.29, 0.717) is 11.5 Å². The zero-order chi connectivity index (χ0) is 12.5. The molecule has 0 aliphatic carbocycles. The molecule has 0 aliphatic heterocycles.